The third-order valence-electron chi connectivity index (χ3n) is 5.91. The highest BCUT2D eigenvalue weighted by molar-refractivity contribution is 5.89. The second-order valence-electron chi connectivity index (χ2n) is 8.14. The fourth-order valence-corrected chi connectivity index (χ4v) is 4.10. The van der Waals surface area contributed by atoms with E-state index >= 15 is 0 Å². The molecule has 0 amide bonds. The average molecular weight is 469 g/mol. The number of pyridine rings is 1. The van der Waals surface area contributed by atoms with Gasteiger partial charge in [0.2, 0.25) is 0 Å². The Kier molecular flexibility index (Phi) is 5.88. The molecule has 3 aromatic heterocycles. The smallest absolute Gasteiger partial charge is 0.183 e. The summed E-state index contributed by atoms with van der Waals surface area (Å²) in [6.45, 7) is 3.79. The predicted molar refractivity (Wildman–Crippen MR) is 119 cm³/mol. The summed E-state index contributed by atoms with van der Waals surface area (Å²) in [5.74, 6) is -1.34. The Morgan fingerprint density at radius 3 is 2.50 bits per heavy atom. The summed E-state index contributed by atoms with van der Waals surface area (Å²) in [6, 6.07) is 7.54. The second kappa shape index (κ2) is 8.99. The number of hydrogen-bond acceptors (Lipinski definition) is 7. The predicted octanol–water partition coefficient (Wildman–Crippen LogP) is 2.81. The molecule has 1 atom stereocenters. The number of nitrogens with zero attached hydrogens (tertiary/aromatic N) is 7. The Labute approximate surface area is 193 Å². The summed E-state index contributed by atoms with van der Waals surface area (Å²) in [4.78, 5) is 16.3. The fraction of sp³-hybridized carbons (Fsp3) is 0.304. The zero-order valence-corrected chi connectivity index (χ0v) is 18.4. The normalized spacial score (nSPS) is 15.7. The second-order valence-corrected chi connectivity index (χ2v) is 8.14. The number of rotatable bonds is 5. The van der Waals surface area contributed by atoms with Crippen LogP contribution in [0.1, 0.15) is 12.5 Å². The zero-order chi connectivity index (χ0) is 23.8. The first kappa shape index (κ1) is 22.2. The van der Waals surface area contributed by atoms with Crippen molar-refractivity contribution < 1.29 is 18.3 Å². The highest BCUT2D eigenvalue weighted by atomic mass is 19.1. The lowest BCUT2D eigenvalue weighted by Crippen LogP contribution is -2.50. The van der Waals surface area contributed by atoms with Crippen LogP contribution in [-0.4, -0.2) is 67.1 Å². The topological polar surface area (TPSA) is 83.2 Å². The summed E-state index contributed by atoms with van der Waals surface area (Å²) in [5, 5.41) is 14.6. The van der Waals surface area contributed by atoms with E-state index in [1.54, 1.807) is 30.0 Å². The number of benzene rings is 1. The highest BCUT2D eigenvalue weighted by Gasteiger charge is 2.25. The fourth-order valence-electron chi connectivity index (χ4n) is 4.10. The maximum absolute atomic E-state index is 14.7. The van der Waals surface area contributed by atoms with Crippen LogP contribution in [0.5, 0.6) is 0 Å². The van der Waals surface area contributed by atoms with E-state index in [4.69, 9.17) is 0 Å². The number of aromatic nitrogens is 5. The van der Waals surface area contributed by atoms with E-state index in [9.17, 15) is 18.3 Å². The summed E-state index contributed by atoms with van der Waals surface area (Å²) >= 11 is 0. The van der Waals surface area contributed by atoms with Gasteiger partial charge in [-0.2, -0.15) is 5.10 Å². The van der Waals surface area contributed by atoms with Gasteiger partial charge in [0.15, 0.2) is 23.1 Å². The minimum Gasteiger partial charge on any atom is -0.379 e. The Hall–Kier alpha value is -3.57. The van der Waals surface area contributed by atoms with Crippen LogP contribution in [0.2, 0.25) is 0 Å². The standard InChI is InChI=1S/C23H22F3N7O/c1-14(34)31-6-8-32(9-7-31)23-19(26)12-27-21(29-23)20-17-10-16(24)11-28-22(17)33(30-20)13-15-4-2-3-5-18(15)25/h2-5,10-12,14,34H,6-9,13H2,1H3. The van der Waals surface area contributed by atoms with Crippen LogP contribution >= 0.6 is 0 Å². The lowest BCUT2D eigenvalue weighted by atomic mass is 10.2. The molecular weight excluding hydrogens is 447 g/mol. The van der Waals surface area contributed by atoms with Crippen molar-refractivity contribution in [1.29, 1.82) is 0 Å². The number of hydrogen-bond donors (Lipinski definition) is 1. The zero-order valence-electron chi connectivity index (χ0n) is 18.4. The van der Waals surface area contributed by atoms with Crippen LogP contribution in [0.4, 0.5) is 19.0 Å². The van der Waals surface area contributed by atoms with Crippen molar-refractivity contribution in [1.82, 2.24) is 29.6 Å². The lowest BCUT2D eigenvalue weighted by molar-refractivity contribution is 0.0151. The van der Waals surface area contributed by atoms with Gasteiger partial charge < -0.3 is 10.0 Å². The maximum atomic E-state index is 14.7. The molecule has 4 heterocycles. The molecule has 0 bridgehead atoms. The molecule has 0 radical (unpaired) electrons. The molecule has 1 saturated heterocycles. The summed E-state index contributed by atoms with van der Waals surface area (Å²) < 4.78 is 44.4. The number of fused-ring (bicyclic) bond motifs is 1. The van der Waals surface area contributed by atoms with E-state index < -0.39 is 23.7 Å². The van der Waals surface area contributed by atoms with Gasteiger partial charge in [-0.15, -0.1) is 0 Å². The number of halogens is 3. The van der Waals surface area contributed by atoms with E-state index in [0.29, 0.717) is 42.8 Å². The molecule has 1 aliphatic heterocycles. The first-order chi connectivity index (χ1) is 16.4. The third kappa shape index (κ3) is 4.19. The first-order valence-corrected chi connectivity index (χ1v) is 10.9. The number of anilines is 1. The quantitative estimate of drug-likeness (QED) is 0.481. The minimum atomic E-state index is -0.589. The van der Waals surface area contributed by atoms with Crippen LogP contribution in [0.3, 0.4) is 0 Å². The Balaban J connectivity index is 1.54. The Morgan fingerprint density at radius 1 is 1.00 bits per heavy atom. The van der Waals surface area contributed by atoms with Crippen molar-refractivity contribution in [2.75, 3.05) is 31.1 Å². The van der Waals surface area contributed by atoms with Crippen molar-refractivity contribution >= 4 is 16.9 Å². The highest BCUT2D eigenvalue weighted by Crippen LogP contribution is 2.28. The van der Waals surface area contributed by atoms with Gasteiger partial charge in [-0.25, -0.2) is 32.8 Å². The molecular formula is C23H22F3N7O. The Morgan fingerprint density at radius 2 is 1.76 bits per heavy atom. The molecule has 11 heteroatoms. The third-order valence-corrected chi connectivity index (χ3v) is 5.91. The van der Waals surface area contributed by atoms with E-state index in [-0.39, 0.29) is 23.9 Å². The number of aliphatic hydroxyl groups excluding tert-OH is 1. The molecule has 1 aromatic carbocycles. The largest absolute Gasteiger partial charge is 0.379 e. The minimum absolute atomic E-state index is 0.0666. The number of piperazine rings is 1. The van der Waals surface area contributed by atoms with E-state index in [0.717, 1.165) is 12.4 Å². The van der Waals surface area contributed by atoms with E-state index in [1.165, 1.54) is 16.8 Å². The molecule has 0 saturated carbocycles. The molecule has 1 N–H and O–H groups in total. The van der Waals surface area contributed by atoms with Crippen molar-refractivity contribution in [2.24, 2.45) is 0 Å². The van der Waals surface area contributed by atoms with Gasteiger partial charge in [-0.05, 0) is 19.1 Å². The van der Waals surface area contributed by atoms with Crippen LogP contribution in [0.15, 0.2) is 42.7 Å². The number of aliphatic hydroxyl groups is 1. The van der Waals surface area contributed by atoms with Crippen molar-refractivity contribution in [3.05, 3.63) is 65.7 Å². The van der Waals surface area contributed by atoms with Gasteiger partial charge in [0.05, 0.1) is 24.3 Å². The van der Waals surface area contributed by atoms with Crippen molar-refractivity contribution in [3.8, 4) is 11.5 Å². The van der Waals surface area contributed by atoms with Gasteiger partial charge in [0.25, 0.3) is 0 Å². The van der Waals surface area contributed by atoms with Crippen molar-refractivity contribution in [3.63, 3.8) is 0 Å². The molecule has 5 rings (SSSR count). The van der Waals surface area contributed by atoms with Gasteiger partial charge in [0, 0.05) is 31.7 Å². The molecule has 34 heavy (non-hydrogen) atoms. The SMILES string of the molecule is CC(O)N1CCN(c2nc(-c3nn(Cc4ccccc4F)c4ncc(F)cc34)ncc2F)CC1. The van der Waals surface area contributed by atoms with Gasteiger partial charge in [-0.3, -0.25) is 4.90 Å². The van der Waals surface area contributed by atoms with Crippen LogP contribution < -0.4 is 4.90 Å². The van der Waals surface area contributed by atoms with E-state index in [2.05, 4.69) is 20.1 Å². The average Bonchev–Trinajstić information content (AvgIpc) is 3.18. The van der Waals surface area contributed by atoms with Gasteiger partial charge in [-0.1, -0.05) is 18.2 Å². The summed E-state index contributed by atoms with van der Waals surface area (Å²) in [7, 11) is 0. The van der Waals surface area contributed by atoms with Gasteiger partial charge >= 0.3 is 0 Å². The molecule has 0 aliphatic carbocycles. The molecule has 0 spiro atoms. The van der Waals surface area contributed by atoms with Gasteiger partial charge in [0.1, 0.15) is 23.6 Å². The molecule has 4 aromatic rings. The molecule has 1 aliphatic rings. The lowest BCUT2D eigenvalue weighted by Gasteiger charge is -2.36. The van der Waals surface area contributed by atoms with Crippen LogP contribution in [0, 0.1) is 17.5 Å². The molecule has 1 fully saturated rings. The molecule has 176 valence electrons. The first-order valence-electron chi connectivity index (χ1n) is 10.9. The summed E-state index contributed by atoms with van der Waals surface area (Å²) in [6.07, 6.45) is 1.54. The van der Waals surface area contributed by atoms with Crippen molar-refractivity contribution in [2.45, 2.75) is 19.7 Å². The Bertz CT molecular complexity index is 1340. The van der Waals surface area contributed by atoms with E-state index in [1.807, 2.05) is 4.90 Å². The molecule has 8 nitrogen and oxygen atoms in total. The molecule has 1 unspecified atom stereocenters. The summed E-state index contributed by atoms with van der Waals surface area (Å²) in [5.41, 5.74) is 0.947. The van der Waals surface area contributed by atoms with Crippen LogP contribution in [-0.2, 0) is 6.54 Å². The van der Waals surface area contributed by atoms with Crippen LogP contribution in [0.25, 0.3) is 22.6 Å². The maximum Gasteiger partial charge on any atom is 0.183 e. The monoisotopic (exact) mass is 469 g/mol.